The molecule has 0 fully saturated rings. The first-order valence-electron chi connectivity index (χ1n) is 7.00. The number of benzene rings is 2. The van der Waals surface area contributed by atoms with Crippen LogP contribution in [0, 0.1) is 0 Å². The van der Waals surface area contributed by atoms with E-state index in [0.717, 1.165) is 29.0 Å². The van der Waals surface area contributed by atoms with Gasteiger partial charge in [0.25, 0.3) is 0 Å². The molecular formula is C18H22O3. The van der Waals surface area contributed by atoms with E-state index in [-0.39, 0.29) is 12.0 Å². The standard InChI is InChI=1S/C18H22O3/c1-18(13-19,16-6-4-5-7-17(16)21-3)12-14-8-10-15(20-2)11-9-14/h4-11,19H,12-13H2,1-3H3. The fourth-order valence-electron chi connectivity index (χ4n) is 2.57. The maximum absolute atomic E-state index is 9.94. The Balaban J connectivity index is 2.31. The number of ether oxygens (including phenoxy) is 2. The van der Waals surface area contributed by atoms with Gasteiger partial charge in [-0.15, -0.1) is 0 Å². The van der Waals surface area contributed by atoms with Crippen LogP contribution in [0.2, 0.25) is 0 Å². The molecule has 3 nitrogen and oxygen atoms in total. The number of hydrogen-bond donors (Lipinski definition) is 1. The van der Waals surface area contributed by atoms with Gasteiger partial charge in [-0.1, -0.05) is 37.3 Å². The van der Waals surface area contributed by atoms with Crippen molar-refractivity contribution in [3.63, 3.8) is 0 Å². The predicted molar refractivity (Wildman–Crippen MR) is 84.1 cm³/mol. The Bertz CT molecular complexity index is 577. The van der Waals surface area contributed by atoms with Gasteiger partial charge >= 0.3 is 0 Å². The zero-order chi connectivity index (χ0) is 15.3. The van der Waals surface area contributed by atoms with Crippen molar-refractivity contribution >= 4 is 0 Å². The molecule has 0 saturated carbocycles. The molecule has 0 heterocycles. The number of aliphatic hydroxyl groups is 1. The molecule has 0 spiro atoms. The van der Waals surface area contributed by atoms with Gasteiger partial charge in [-0.25, -0.2) is 0 Å². The zero-order valence-electron chi connectivity index (χ0n) is 12.8. The summed E-state index contributed by atoms with van der Waals surface area (Å²) in [6, 6.07) is 15.8. The van der Waals surface area contributed by atoms with E-state index < -0.39 is 0 Å². The topological polar surface area (TPSA) is 38.7 Å². The second kappa shape index (κ2) is 6.64. The molecule has 0 saturated heterocycles. The van der Waals surface area contributed by atoms with Gasteiger partial charge in [-0.05, 0) is 30.2 Å². The van der Waals surface area contributed by atoms with E-state index in [1.54, 1.807) is 14.2 Å². The van der Waals surface area contributed by atoms with Crippen LogP contribution < -0.4 is 9.47 Å². The minimum atomic E-state index is -0.388. The van der Waals surface area contributed by atoms with Gasteiger partial charge in [0.05, 0.1) is 20.8 Å². The molecule has 0 amide bonds. The Labute approximate surface area is 126 Å². The summed E-state index contributed by atoms with van der Waals surface area (Å²) in [4.78, 5) is 0. The SMILES string of the molecule is COc1ccc(CC(C)(CO)c2ccccc2OC)cc1. The molecule has 0 aromatic heterocycles. The van der Waals surface area contributed by atoms with E-state index in [9.17, 15) is 5.11 Å². The number of para-hydroxylation sites is 1. The van der Waals surface area contributed by atoms with Crippen LogP contribution in [0.15, 0.2) is 48.5 Å². The van der Waals surface area contributed by atoms with Crippen molar-refractivity contribution in [2.75, 3.05) is 20.8 Å². The first-order chi connectivity index (χ1) is 10.1. The third-order valence-electron chi connectivity index (χ3n) is 3.86. The second-order valence-corrected chi connectivity index (χ2v) is 5.44. The molecule has 1 N–H and O–H groups in total. The van der Waals surface area contributed by atoms with Gasteiger partial charge in [0.15, 0.2) is 0 Å². The van der Waals surface area contributed by atoms with Crippen LogP contribution in [0.5, 0.6) is 11.5 Å². The third-order valence-corrected chi connectivity index (χ3v) is 3.86. The predicted octanol–water partition coefficient (Wildman–Crippen LogP) is 3.20. The van der Waals surface area contributed by atoms with Crippen LogP contribution in [0.1, 0.15) is 18.1 Å². The number of rotatable bonds is 6. The summed E-state index contributed by atoms with van der Waals surface area (Å²) in [6.07, 6.45) is 0.730. The first-order valence-corrected chi connectivity index (χ1v) is 7.00. The van der Waals surface area contributed by atoms with E-state index >= 15 is 0 Å². The molecule has 21 heavy (non-hydrogen) atoms. The molecule has 2 aromatic carbocycles. The molecule has 3 heteroatoms. The minimum absolute atomic E-state index is 0.0550. The van der Waals surface area contributed by atoms with Crippen molar-refractivity contribution in [1.82, 2.24) is 0 Å². The summed E-state index contributed by atoms with van der Waals surface area (Å²) >= 11 is 0. The molecule has 112 valence electrons. The molecule has 0 aliphatic heterocycles. The van der Waals surface area contributed by atoms with Gasteiger partial charge in [-0.3, -0.25) is 0 Å². The van der Waals surface area contributed by atoms with Gasteiger partial charge in [0.1, 0.15) is 11.5 Å². The lowest BCUT2D eigenvalue weighted by atomic mass is 9.77. The molecule has 2 aromatic rings. The summed E-state index contributed by atoms with van der Waals surface area (Å²) < 4.78 is 10.6. The van der Waals surface area contributed by atoms with Crippen molar-refractivity contribution in [2.45, 2.75) is 18.8 Å². The minimum Gasteiger partial charge on any atom is -0.497 e. The highest BCUT2D eigenvalue weighted by molar-refractivity contribution is 5.41. The Morgan fingerprint density at radius 3 is 2.19 bits per heavy atom. The molecule has 1 unspecified atom stereocenters. The summed E-state index contributed by atoms with van der Waals surface area (Å²) in [5, 5.41) is 9.94. The highest BCUT2D eigenvalue weighted by Gasteiger charge is 2.29. The monoisotopic (exact) mass is 286 g/mol. The lowest BCUT2D eigenvalue weighted by Gasteiger charge is -2.29. The van der Waals surface area contributed by atoms with Gasteiger partial charge in [0, 0.05) is 11.0 Å². The van der Waals surface area contributed by atoms with E-state index in [4.69, 9.17) is 9.47 Å². The molecule has 0 radical (unpaired) electrons. The fourth-order valence-corrected chi connectivity index (χ4v) is 2.57. The van der Waals surface area contributed by atoms with Crippen LogP contribution in [0.4, 0.5) is 0 Å². The Morgan fingerprint density at radius 2 is 1.62 bits per heavy atom. The third kappa shape index (κ3) is 3.37. The second-order valence-electron chi connectivity index (χ2n) is 5.44. The largest absolute Gasteiger partial charge is 0.497 e. The molecule has 0 aliphatic carbocycles. The van der Waals surface area contributed by atoms with Crippen LogP contribution in [-0.4, -0.2) is 25.9 Å². The van der Waals surface area contributed by atoms with E-state index in [1.807, 2.05) is 48.5 Å². The Hall–Kier alpha value is -2.00. The quantitative estimate of drug-likeness (QED) is 0.886. The summed E-state index contributed by atoms with van der Waals surface area (Å²) in [6.45, 7) is 2.11. The van der Waals surface area contributed by atoms with E-state index in [1.165, 1.54) is 0 Å². The van der Waals surface area contributed by atoms with Gasteiger partial charge < -0.3 is 14.6 Å². The number of hydrogen-bond acceptors (Lipinski definition) is 3. The molecule has 1 atom stereocenters. The highest BCUT2D eigenvalue weighted by atomic mass is 16.5. The average molecular weight is 286 g/mol. The average Bonchev–Trinajstić information content (AvgIpc) is 2.55. The van der Waals surface area contributed by atoms with Crippen LogP contribution in [0.25, 0.3) is 0 Å². The van der Waals surface area contributed by atoms with Crippen LogP contribution in [-0.2, 0) is 11.8 Å². The maximum Gasteiger partial charge on any atom is 0.122 e. The summed E-state index contributed by atoms with van der Waals surface area (Å²) in [5.41, 5.74) is 1.78. The summed E-state index contributed by atoms with van der Waals surface area (Å²) in [5.74, 6) is 1.64. The Morgan fingerprint density at radius 1 is 0.952 bits per heavy atom. The van der Waals surface area contributed by atoms with E-state index in [0.29, 0.717) is 0 Å². The maximum atomic E-state index is 9.94. The molecule has 0 aliphatic rings. The molecular weight excluding hydrogens is 264 g/mol. The molecule has 2 rings (SSSR count). The highest BCUT2D eigenvalue weighted by Crippen LogP contribution is 2.34. The van der Waals surface area contributed by atoms with Gasteiger partial charge in [0.2, 0.25) is 0 Å². The van der Waals surface area contributed by atoms with Crippen LogP contribution >= 0.6 is 0 Å². The van der Waals surface area contributed by atoms with Crippen molar-refractivity contribution in [3.05, 3.63) is 59.7 Å². The normalized spacial score (nSPS) is 13.5. The first kappa shape index (κ1) is 15.4. The fraction of sp³-hybridized carbons (Fsp3) is 0.333. The number of methoxy groups -OCH3 is 2. The number of aliphatic hydroxyl groups excluding tert-OH is 1. The van der Waals surface area contributed by atoms with Gasteiger partial charge in [-0.2, -0.15) is 0 Å². The van der Waals surface area contributed by atoms with Crippen LogP contribution in [0.3, 0.4) is 0 Å². The smallest absolute Gasteiger partial charge is 0.122 e. The van der Waals surface area contributed by atoms with Crippen molar-refractivity contribution in [2.24, 2.45) is 0 Å². The van der Waals surface area contributed by atoms with Crippen molar-refractivity contribution in [3.8, 4) is 11.5 Å². The summed E-state index contributed by atoms with van der Waals surface area (Å²) in [7, 11) is 3.31. The lowest BCUT2D eigenvalue weighted by Crippen LogP contribution is -2.30. The van der Waals surface area contributed by atoms with Crippen molar-refractivity contribution < 1.29 is 14.6 Å². The Kier molecular flexibility index (Phi) is 4.86. The van der Waals surface area contributed by atoms with Crippen molar-refractivity contribution in [1.29, 1.82) is 0 Å². The molecule has 0 bridgehead atoms. The lowest BCUT2D eigenvalue weighted by molar-refractivity contribution is 0.201. The van der Waals surface area contributed by atoms with E-state index in [2.05, 4.69) is 6.92 Å². The zero-order valence-corrected chi connectivity index (χ0v) is 12.8.